The lowest BCUT2D eigenvalue weighted by Crippen LogP contribution is -2.30. The molecule has 0 spiro atoms. The molecule has 17 nitrogen and oxygen atoms in total. The van der Waals surface area contributed by atoms with Crippen LogP contribution in [0.25, 0.3) is 0 Å². The minimum Gasteiger partial charge on any atom is -0.462 e. The van der Waals surface area contributed by atoms with E-state index in [0.717, 1.165) is 148 Å². The van der Waals surface area contributed by atoms with Gasteiger partial charge in [-0.25, -0.2) is 9.13 Å². The van der Waals surface area contributed by atoms with Gasteiger partial charge in [-0.15, -0.1) is 0 Å². The zero-order chi connectivity index (χ0) is 74.6. The number of hydrogen-bond acceptors (Lipinski definition) is 15. The van der Waals surface area contributed by atoms with Crippen LogP contribution in [0.15, 0.2) is 122 Å². The van der Waals surface area contributed by atoms with Gasteiger partial charge in [0.2, 0.25) is 0 Å². The first-order valence-electron chi connectivity index (χ1n) is 39.8. The van der Waals surface area contributed by atoms with Crippen LogP contribution in [-0.2, 0) is 65.4 Å². The van der Waals surface area contributed by atoms with Crippen molar-refractivity contribution in [1.82, 2.24) is 0 Å². The number of carbonyl (C=O) groups is 4. The van der Waals surface area contributed by atoms with Gasteiger partial charge in [0, 0.05) is 25.7 Å². The highest BCUT2D eigenvalue weighted by atomic mass is 31.2. The Hall–Kier alpha value is -4.54. The Morgan fingerprint density at radius 3 is 0.853 bits per heavy atom. The molecule has 3 N–H and O–H groups in total. The van der Waals surface area contributed by atoms with E-state index in [9.17, 15) is 43.2 Å². The first-order chi connectivity index (χ1) is 49.7. The molecule has 0 saturated carbocycles. The molecule has 0 aliphatic heterocycles. The molecular weight excluding hydrogens is 1330 g/mol. The van der Waals surface area contributed by atoms with Crippen LogP contribution in [0.5, 0.6) is 0 Å². The third kappa shape index (κ3) is 73.8. The lowest BCUT2D eigenvalue weighted by atomic mass is 10.1. The van der Waals surface area contributed by atoms with Gasteiger partial charge < -0.3 is 33.8 Å². The maximum atomic E-state index is 13.1. The number of allylic oxidation sites excluding steroid dienone is 20. The van der Waals surface area contributed by atoms with E-state index in [1.165, 1.54) is 89.9 Å². The summed E-state index contributed by atoms with van der Waals surface area (Å²) < 4.78 is 68.5. The summed E-state index contributed by atoms with van der Waals surface area (Å²) in [5, 5.41) is 10.6. The van der Waals surface area contributed by atoms with Crippen molar-refractivity contribution in [1.29, 1.82) is 0 Å². The molecule has 586 valence electrons. The van der Waals surface area contributed by atoms with Crippen molar-refractivity contribution < 1.29 is 80.2 Å². The van der Waals surface area contributed by atoms with E-state index in [-0.39, 0.29) is 25.7 Å². The molecule has 0 aromatic carbocycles. The Bertz CT molecular complexity index is 2410. The maximum absolute atomic E-state index is 13.1. The van der Waals surface area contributed by atoms with Crippen LogP contribution >= 0.6 is 15.6 Å². The number of carbonyl (C=O) groups excluding carboxylic acids is 4. The number of unbranched alkanes of at least 4 members (excludes halogenated alkanes) is 30. The molecule has 0 radical (unpaired) electrons. The van der Waals surface area contributed by atoms with E-state index in [1.807, 2.05) is 12.2 Å². The zero-order valence-corrected chi connectivity index (χ0v) is 65.8. The topological polar surface area (TPSA) is 237 Å². The molecule has 0 saturated heterocycles. The van der Waals surface area contributed by atoms with Crippen LogP contribution in [0.1, 0.15) is 323 Å². The van der Waals surface area contributed by atoms with E-state index in [0.29, 0.717) is 32.1 Å². The van der Waals surface area contributed by atoms with E-state index in [1.54, 1.807) is 0 Å². The van der Waals surface area contributed by atoms with Crippen molar-refractivity contribution in [2.45, 2.75) is 341 Å². The predicted octanol–water partition coefficient (Wildman–Crippen LogP) is 23.1. The fraction of sp³-hybridized carbons (Fsp3) is 0.711. The molecule has 0 fully saturated rings. The molecule has 0 aromatic heterocycles. The minimum absolute atomic E-state index is 0.0132. The van der Waals surface area contributed by atoms with E-state index < -0.39 is 97.5 Å². The average molecular weight is 1470 g/mol. The Balaban J connectivity index is 5.45. The van der Waals surface area contributed by atoms with Crippen LogP contribution < -0.4 is 0 Å². The van der Waals surface area contributed by atoms with E-state index in [4.69, 9.17) is 37.0 Å². The Morgan fingerprint density at radius 2 is 0.520 bits per heavy atom. The Kier molecular flexibility index (Phi) is 71.4. The Labute approximate surface area is 619 Å². The summed E-state index contributed by atoms with van der Waals surface area (Å²) in [7, 11) is -9.99. The lowest BCUT2D eigenvalue weighted by Gasteiger charge is -2.21. The highest BCUT2D eigenvalue weighted by Gasteiger charge is 2.30. The Morgan fingerprint density at radius 1 is 0.284 bits per heavy atom. The number of aliphatic hydroxyl groups is 1. The quantitative estimate of drug-likeness (QED) is 0.0128. The first kappa shape index (κ1) is 97.5. The van der Waals surface area contributed by atoms with Gasteiger partial charge in [-0.3, -0.25) is 37.3 Å². The number of phosphoric ester groups is 2. The van der Waals surface area contributed by atoms with Crippen molar-refractivity contribution >= 4 is 39.5 Å². The molecule has 2 unspecified atom stereocenters. The monoisotopic (exact) mass is 1470 g/mol. The third-order valence-corrected chi connectivity index (χ3v) is 18.3. The molecule has 0 aliphatic rings. The van der Waals surface area contributed by atoms with Crippen LogP contribution in [-0.4, -0.2) is 96.7 Å². The summed E-state index contributed by atoms with van der Waals surface area (Å²) in [6.45, 7) is 4.68. The fourth-order valence-electron chi connectivity index (χ4n) is 10.3. The normalized spacial score (nSPS) is 14.5. The highest BCUT2D eigenvalue weighted by Crippen LogP contribution is 2.45. The van der Waals surface area contributed by atoms with E-state index >= 15 is 0 Å². The zero-order valence-electron chi connectivity index (χ0n) is 64.0. The van der Waals surface area contributed by atoms with Gasteiger partial charge in [-0.1, -0.05) is 271 Å². The van der Waals surface area contributed by atoms with Crippen molar-refractivity contribution in [3.63, 3.8) is 0 Å². The largest absolute Gasteiger partial charge is 0.472 e. The fourth-order valence-corrected chi connectivity index (χ4v) is 11.9. The average Bonchev–Trinajstić information content (AvgIpc) is 0.917. The maximum Gasteiger partial charge on any atom is 0.472 e. The molecule has 0 amide bonds. The molecule has 0 bridgehead atoms. The van der Waals surface area contributed by atoms with Gasteiger partial charge in [0.15, 0.2) is 12.2 Å². The van der Waals surface area contributed by atoms with Gasteiger partial charge in [0.25, 0.3) is 0 Å². The summed E-state index contributed by atoms with van der Waals surface area (Å²) in [5.41, 5.74) is 0. The van der Waals surface area contributed by atoms with Gasteiger partial charge >= 0.3 is 39.5 Å². The molecule has 0 rings (SSSR count). The second kappa shape index (κ2) is 74.7. The van der Waals surface area contributed by atoms with Crippen LogP contribution in [0, 0.1) is 0 Å². The predicted molar refractivity (Wildman–Crippen MR) is 418 cm³/mol. The second-order valence-corrected chi connectivity index (χ2v) is 29.3. The van der Waals surface area contributed by atoms with Gasteiger partial charge in [-0.05, 0) is 148 Å². The van der Waals surface area contributed by atoms with Gasteiger partial charge in [-0.2, -0.15) is 0 Å². The van der Waals surface area contributed by atoms with Crippen LogP contribution in [0.4, 0.5) is 0 Å². The first-order valence-corrected chi connectivity index (χ1v) is 42.8. The number of aliphatic hydroxyl groups excluding tert-OH is 1. The summed E-state index contributed by atoms with van der Waals surface area (Å²) in [5.74, 6) is -2.29. The number of hydrogen-bond donors (Lipinski definition) is 3. The standard InChI is InChI=1S/C83H142O17P2/c1-5-9-13-17-21-25-29-33-37-38-42-46-50-54-58-62-66-70-83(88)100-79(74-94-81(86)68-64-60-56-52-48-44-40-35-31-27-23-19-15-11-7-3)76-98-102(91,92)96-72-77(84)71-95-101(89,90)97-75-78(99-82(87)69-65-61-57-53-49-45-41-36-32-28-24-20-16-12-8-4)73-93-80(85)67-63-59-55-51-47-43-39-34-30-26-22-18-14-10-6-2/h21-22,25-28,31-37,39-42,46,54,58,77-79,84H,5-20,23-24,29-30,38,43-45,47-53,55-57,59-76H2,1-4H3,(H,89,90)(H,91,92)/b25-21-,26-22-,31-27-,32-28-,37-33-,39-34-,40-35-,41-36-,46-42-,58-54-/t77-,78+,79+/m0/s1. The molecule has 0 aliphatic carbocycles. The van der Waals surface area contributed by atoms with Gasteiger partial charge in [0.05, 0.1) is 26.4 Å². The smallest absolute Gasteiger partial charge is 0.462 e. The number of ether oxygens (including phenoxy) is 4. The molecule has 5 atom stereocenters. The summed E-state index contributed by atoms with van der Waals surface area (Å²) in [6, 6.07) is 0. The molecule has 19 heteroatoms. The van der Waals surface area contributed by atoms with Crippen molar-refractivity contribution in [2.24, 2.45) is 0 Å². The van der Waals surface area contributed by atoms with Crippen molar-refractivity contribution in [2.75, 3.05) is 39.6 Å². The highest BCUT2D eigenvalue weighted by molar-refractivity contribution is 7.47. The number of phosphoric acid groups is 2. The molecule has 0 heterocycles. The van der Waals surface area contributed by atoms with Crippen molar-refractivity contribution in [3.05, 3.63) is 122 Å². The molecule has 102 heavy (non-hydrogen) atoms. The number of esters is 4. The molecule has 0 aromatic rings. The SMILES string of the molecule is CCCCC/C=C\C/C=C\C/C=C\C/C=C\CCCC(=O)O[C@H](COC(=O)CCCCCCC/C=C\C=C/CCCCCC)COP(=O)(O)OC[C@@H](O)COP(=O)(O)OC[C@@H](COC(=O)CCCCCCC/C=C\C/C=C\CCCCC)OC(=O)CCCCCCC/C=C\C=C/CCCCCC. The third-order valence-electron chi connectivity index (χ3n) is 16.4. The minimum atomic E-state index is -5.00. The molecular formula is C83H142O17P2. The number of rotatable bonds is 74. The summed E-state index contributed by atoms with van der Waals surface area (Å²) >= 11 is 0. The van der Waals surface area contributed by atoms with Gasteiger partial charge in [0.1, 0.15) is 19.3 Å². The van der Waals surface area contributed by atoms with Crippen LogP contribution in [0.3, 0.4) is 0 Å². The summed E-state index contributed by atoms with van der Waals surface area (Å²) in [4.78, 5) is 73.0. The van der Waals surface area contributed by atoms with Crippen LogP contribution in [0.2, 0.25) is 0 Å². The summed E-state index contributed by atoms with van der Waals surface area (Å²) in [6.07, 6.45) is 81.8. The van der Waals surface area contributed by atoms with E-state index in [2.05, 4.69) is 137 Å². The lowest BCUT2D eigenvalue weighted by molar-refractivity contribution is -0.161. The van der Waals surface area contributed by atoms with Crippen molar-refractivity contribution in [3.8, 4) is 0 Å². The second-order valence-electron chi connectivity index (χ2n) is 26.3.